The van der Waals surface area contributed by atoms with Gasteiger partial charge in [0.1, 0.15) is 5.60 Å². The number of amidine groups is 1. The van der Waals surface area contributed by atoms with Crippen molar-refractivity contribution in [2.75, 3.05) is 12.4 Å². The zero-order valence-electron chi connectivity index (χ0n) is 10.6. The van der Waals surface area contributed by atoms with Crippen LogP contribution in [0.1, 0.15) is 19.4 Å². The second kappa shape index (κ2) is 5.50. The maximum absolute atomic E-state index is 11.9. The second-order valence-electron chi connectivity index (χ2n) is 4.23. The van der Waals surface area contributed by atoms with Crippen LogP contribution in [0.4, 0.5) is 5.69 Å². The smallest absolute Gasteiger partial charge is 0.256 e. The number of carbonyl (C=O) groups is 1. The van der Waals surface area contributed by atoms with Crippen LogP contribution < -0.4 is 11.1 Å². The van der Waals surface area contributed by atoms with Gasteiger partial charge < -0.3 is 21.0 Å². The predicted molar refractivity (Wildman–Crippen MR) is 68.7 cm³/mol. The number of nitrogens with two attached hydrogens (primary N) is 1. The van der Waals surface area contributed by atoms with E-state index in [9.17, 15) is 4.79 Å². The normalized spacial score (nSPS) is 12.3. The molecule has 0 radical (unpaired) electrons. The van der Waals surface area contributed by atoms with Crippen molar-refractivity contribution in [3.05, 3.63) is 29.8 Å². The lowest BCUT2D eigenvalue weighted by Crippen LogP contribution is -2.38. The molecule has 6 nitrogen and oxygen atoms in total. The van der Waals surface area contributed by atoms with Gasteiger partial charge in [0.05, 0.1) is 0 Å². The van der Waals surface area contributed by atoms with Crippen LogP contribution in [0.5, 0.6) is 0 Å². The van der Waals surface area contributed by atoms with Crippen molar-refractivity contribution in [1.29, 1.82) is 0 Å². The minimum Gasteiger partial charge on any atom is -0.409 e. The summed E-state index contributed by atoms with van der Waals surface area (Å²) in [7, 11) is 1.46. The van der Waals surface area contributed by atoms with Gasteiger partial charge in [-0.05, 0) is 26.0 Å². The fraction of sp³-hybridized carbons (Fsp3) is 0.333. The highest BCUT2D eigenvalue weighted by Gasteiger charge is 2.26. The van der Waals surface area contributed by atoms with E-state index in [4.69, 9.17) is 15.7 Å². The molecule has 98 valence electrons. The quantitative estimate of drug-likeness (QED) is 0.323. The van der Waals surface area contributed by atoms with E-state index < -0.39 is 5.60 Å². The third-order valence-corrected chi connectivity index (χ3v) is 2.58. The van der Waals surface area contributed by atoms with Gasteiger partial charge in [-0.15, -0.1) is 0 Å². The Morgan fingerprint density at radius 1 is 1.50 bits per heavy atom. The molecule has 0 atom stereocenters. The molecule has 0 saturated heterocycles. The number of nitrogens with zero attached hydrogens (tertiary/aromatic N) is 1. The predicted octanol–water partition coefficient (Wildman–Crippen LogP) is 1.14. The Bertz CT molecular complexity index is 469. The number of carbonyl (C=O) groups excluding carboxylic acids is 1. The molecule has 0 spiro atoms. The Hall–Kier alpha value is -2.08. The van der Waals surface area contributed by atoms with Crippen molar-refractivity contribution in [3.63, 3.8) is 0 Å². The molecule has 0 unspecified atom stereocenters. The van der Waals surface area contributed by atoms with Crippen LogP contribution >= 0.6 is 0 Å². The van der Waals surface area contributed by atoms with E-state index in [1.165, 1.54) is 7.11 Å². The number of amides is 1. The molecule has 0 aliphatic heterocycles. The van der Waals surface area contributed by atoms with E-state index in [1.807, 2.05) is 0 Å². The fourth-order valence-electron chi connectivity index (χ4n) is 1.19. The molecule has 0 heterocycles. The summed E-state index contributed by atoms with van der Waals surface area (Å²) in [6.45, 7) is 3.32. The number of nitrogens with one attached hydrogen (secondary N) is 1. The van der Waals surface area contributed by atoms with Crippen molar-refractivity contribution in [2.24, 2.45) is 10.9 Å². The van der Waals surface area contributed by atoms with Crippen LogP contribution in [0.25, 0.3) is 0 Å². The van der Waals surface area contributed by atoms with Crippen molar-refractivity contribution < 1.29 is 14.7 Å². The molecular weight excluding hydrogens is 234 g/mol. The average molecular weight is 251 g/mol. The largest absolute Gasteiger partial charge is 0.409 e. The third-order valence-electron chi connectivity index (χ3n) is 2.58. The van der Waals surface area contributed by atoms with E-state index in [0.29, 0.717) is 11.3 Å². The van der Waals surface area contributed by atoms with Crippen molar-refractivity contribution >= 4 is 17.4 Å². The molecule has 1 aromatic rings. The van der Waals surface area contributed by atoms with Crippen LogP contribution in [-0.2, 0) is 9.53 Å². The van der Waals surface area contributed by atoms with Gasteiger partial charge in [0.25, 0.3) is 5.91 Å². The van der Waals surface area contributed by atoms with Crippen LogP contribution in [0.2, 0.25) is 0 Å². The van der Waals surface area contributed by atoms with Crippen molar-refractivity contribution in [2.45, 2.75) is 19.4 Å². The molecule has 1 amide bonds. The SMILES string of the molecule is COC(C)(C)C(=O)Nc1cccc(/C(N)=N/O)c1. The van der Waals surface area contributed by atoms with Gasteiger partial charge in [-0.2, -0.15) is 0 Å². The summed E-state index contributed by atoms with van der Waals surface area (Å²) in [4.78, 5) is 11.9. The van der Waals surface area contributed by atoms with Crippen LogP contribution in [0.15, 0.2) is 29.4 Å². The molecule has 0 bridgehead atoms. The first-order chi connectivity index (χ1) is 8.40. The van der Waals surface area contributed by atoms with Gasteiger partial charge in [0.2, 0.25) is 0 Å². The third kappa shape index (κ3) is 3.21. The van der Waals surface area contributed by atoms with E-state index >= 15 is 0 Å². The molecule has 1 rings (SSSR count). The van der Waals surface area contributed by atoms with E-state index in [1.54, 1.807) is 38.1 Å². The Morgan fingerprint density at radius 3 is 2.72 bits per heavy atom. The standard InChI is InChI=1S/C12H17N3O3/c1-12(2,18-3)11(16)14-9-6-4-5-8(7-9)10(13)15-17/h4-7,17H,1-3H3,(H2,13,15)(H,14,16). The molecule has 0 aliphatic carbocycles. The summed E-state index contributed by atoms with van der Waals surface area (Å²) in [5.41, 5.74) is 5.61. The lowest BCUT2D eigenvalue weighted by atomic mass is 10.1. The Labute approximate surface area is 105 Å². The highest BCUT2D eigenvalue weighted by Crippen LogP contribution is 2.15. The number of benzene rings is 1. The highest BCUT2D eigenvalue weighted by atomic mass is 16.5. The number of anilines is 1. The van der Waals surface area contributed by atoms with Gasteiger partial charge in [0, 0.05) is 18.4 Å². The molecule has 0 aromatic heterocycles. The van der Waals surface area contributed by atoms with E-state index in [2.05, 4.69) is 10.5 Å². The summed E-state index contributed by atoms with van der Waals surface area (Å²) in [6, 6.07) is 6.69. The molecule has 18 heavy (non-hydrogen) atoms. The lowest BCUT2D eigenvalue weighted by molar-refractivity contribution is -0.133. The monoisotopic (exact) mass is 251 g/mol. The van der Waals surface area contributed by atoms with Crippen molar-refractivity contribution in [1.82, 2.24) is 0 Å². The summed E-state index contributed by atoms with van der Waals surface area (Å²) in [6.07, 6.45) is 0. The molecule has 4 N–H and O–H groups in total. The van der Waals surface area contributed by atoms with Gasteiger partial charge in [-0.25, -0.2) is 0 Å². The molecule has 0 fully saturated rings. The topological polar surface area (TPSA) is 96.9 Å². The maximum atomic E-state index is 11.9. The van der Waals surface area contributed by atoms with Gasteiger partial charge >= 0.3 is 0 Å². The van der Waals surface area contributed by atoms with Gasteiger partial charge in [-0.3, -0.25) is 4.79 Å². The number of methoxy groups -OCH3 is 1. The van der Waals surface area contributed by atoms with E-state index in [0.717, 1.165) is 0 Å². The summed E-state index contributed by atoms with van der Waals surface area (Å²) < 4.78 is 5.07. The van der Waals surface area contributed by atoms with Crippen LogP contribution in [0, 0.1) is 0 Å². The van der Waals surface area contributed by atoms with Gasteiger partial charge in [0.15, 0.2) is 5.84 Å². The molecule has 0 aliphatic rings. The van der Waals surface area contributed by atoms with E-state index in [-0.39, 0.29) is 11.7 Å². The first-order valence-corrected chi connectivity index (χ1v) is 5.35. The van der Waals surface area contributed by atoms with Gasteiger partial charge in [-0.1, -0.05) is 17.3 Å². The lowest BCUT2D eigenvalue weighted by Gasteiger charge is -2.21. The first-order valence-electron chi connectivity index (χ1n) is 5.35. The summed E-state index contributed by atoms with van der Waals surface area (Å²) in [5, 5.41) is 14.2. The highest BCUT2D eigenvalue weighted by molar-refractivity contribution is 6.00. The zero-order valence-corrected chi connectivity index (χ0v) is 10.6. The average Bonchev–Trinajstić information content (AvgIpc) is 2.38. The second-order valence-corrected chi connectivity index (χ2v) is 4.23. The summed E-state index contributed by atoms with van der Waals surface area (Å²) >= 11 is 0. The molecular formula is C12H17N3O3. The molecule has 0 saturated carbocycles. The number of rotatable bonds is 4. The number of hydrogen-bond donors (Lipinski definition) is 3. The zero-order chi connectivity index (χ0) is 13.8. The van der Waals surface area contributed by atoms with Crippen LogP contribution in [-0.4, -0.2) is 29.7 Å². The minimum atomic E-state index is -0.924. The molecule has 1 aromatic carbocycles. The first kappa shape index (κ1) is 14.0. The Morgan fingerprint density at radius 2 is 2.17 bits per heavy atom. The Balaban J connectivity index is 2.90. The number of ether oxygens (including phenoxy) is 1. The minimum absolute atomic E-state index is 0.0166. The maximum Gasteiger partial charge on any atom is 0.256 e. The summed E-state index contributed by atoms with van der Waals surface area (Å²) in [5.74, 6) is -0.293. The van der Waals surface area contributed by atoms with Crippen LogP contribution in [0.3, 0.4) is 0 Å². The Kier molecular flexibility index (Phi) is 4.28. The van der Waals surface area contributed by atoms with Crippen molar-refractivity contribution in [3.8, 4) is 0 Å². The number of hydrogen-bond acceptors (Lipinski definition) is 4. The number of oxime groups is 1. The fourth-order valence-corrected chi connectivity index (χ4v) is 1.19. The molecule has 6 heteroatoms.